The van der Waals surface area contributed by atoms with Crippen molar-refractivity contribution in [3.05, 3.63) is 57.6 Å². The third-order valence-corrected chi connectivity index (χ3v) is 8.35. The molecule has 0 saturated carbocycles. The minimum Gasteiger partial charge on any atom is -0.350 e. The molecule has 4 heterocycles. The zero-order valence-electron chi connectivity index (χ0n) is 21.8. The average molecular weight is 563 g/mol. The Labute approximate surface area is 228 Å². The van der Waals surface area contributed by atoms with Gasteiger partial charge in [-0.15, -0.1) is 11.3 Å². The predicted molar refractivity (Wildman–Crippen MR) is 141 cm³/mol. The third kappa shape index (κ3) is 6.28. The molecule has 2 atom stereocenters. The zero-order chi connectivity index (χ0) is 27.7. The Kier molecular flexibility index (Phi) is 7.97. The summed E-state index contributed by atoms with van der Waals surface area (Å²) in [5.74, 6) is -0.579. The molecule has 12 heteroatoms. The van der Waals surface area contributed by atoms with E-state index in [-0.39, 0.29) is 35.2 Å². The standard InChI is InChI=1S/C27H30F4N6OS/c1-16-4-3-6-36(16)15-23-26(18-8-19(27(29,30)31)10-20(28)9-18)35-25(39-23)11-22(38)21-13-34-24(14-33-21)37-7-5-32-12-17(37)2/h8-10,13-14,16-17,32H,3-7,11-12,15H2,1-2H3/t16-,17-/m1/s1. The summed E-state index contributed by atoms with van der Waals surface area (Å²) in [6.07, 6.45) is 0.332. The summed E-state index contributed by atoms with van der Waals surface area (Å²) in [7, 11) is 0. The minimum atomic E-state index is -4.69. The zero-order valence-corrected chi connectivity index (χ0v) is 22.6. The van der Waals surface area contributed by atoms with Crippen LogP contribution in [0.3, 0.4) is 0 Å². The second-order valence-corrected chi connectivity index (χ2v) is 11.3. The Balaban J connectivity index is 1.41. The van der Waals surface area contributed by atoms with Crippen molar-refractivity contribution >= 4 is 22.9 Å². The Hall–Kier alpha value is -2.96. The van der Waals surface area contributed by atoms with E-state index in [4.69, 9.17) is 0 Å². The molecule has 39 heavy (non-hydrogen) atoms. The molecule has 3 aromatic rings. The number of hydrogen-bond donors (Lipinski definition) is 1. The van der Waals surface area contributed by atoms with Gasteiger partial charge >= 0.3 is 6.18 Å². The maximum atomic E-state index is 14.3. The van der Waals surface area contributed by atoms with E-state index >= 15 is 0 Å². The highest BCUT2D eigenvalue weighted by atomic mass is 32.1. The largest absolute Gasteiger partial charge is 0.416 e. The van der Waals surface area contributed by atoms with Crippen LogP contribution in [0.15, 0.2) is 30.6 Å². The fourth-order valence-electron chi connectivity index (χ4n) is 5.13. The number of aromatic nitrogens is 3. The van der Waals surface area contributed by atoms with Gasteiger partial charge in [0.05, 0.1) is 30.1 Å². The van der Waals surface area contributed by atoms with E-state index in [1.165, 1.54) is 17.5 Å². The van der Waals surface area contributed by atoms with E-state index < -0.39 is 17.6 Å². The SMILES string of the molecule is C[C@@H]1CCCN1Cc1sc(CC(=O)c2cnc(N3CCNC[C@H]3C)cn2)nc1-c1cc(F)cc(C(F)(F)F)c1. The van der Waals surface area contributed by atoms with Gasteiger partial charge in [-0.3, -0.25) is 9.69 Å². The number of Topliss-reactive ketones (excluding diaryl/α,β-unsaturated/α-hetero) is 1. The number of nitrogens with one attached hydrogen (secondary N) is 1. The van der Waals surface area contributed by atoms with Gasteiger partial charge in [0, 0.05) is 48.7 Å². The van der Waals surface area contributed by atoms with Crippen molar-refractivity contribution in [2.45, 2.75) is 57.9 Å². The van der Waals surface area contributed by atoms with Crippen LogP contribution in [-0.4, -0.2) is 63.9 Å². The lowest BCUT2D eigenvalue weighted by atomic mass is 10.1. The number of ketones is 1. The monoisotopic (exact) mass is 562 g/mol. The molecule has 208 valence electrons. The van der Waals surface area contributed by atoms with E-state index in [0.717, 1.165) is 51.2 Å². The Bertz CT molecular complexity index is 1330. The Morgan fingerprint density at radius 3 is 2.62 bits per heavy atom. The number of likely N-dealkylation sites (tertiary alicyclic amines) is 1. The molecule has 0 unspecified atom stereocenters. The second-order valence-electron chi connectivity index (χ2n) is 10.2. The lowest BCUT2D eigenvalue weighted by Gasteiger charge is -2.34. The third-order valence-electron chi connectivity index (χ3n) is 7.31. The highest BCUT2D eigenvalue weighted by Gasteiger charge is 2.32. The summed E-state index contributed by atoms with van der Waals surface area (Å²) in [5.41, 5.74) is -0.551. The Morgan fingerprint density at radius 2 is 1.95 bits per heavy atom. The van der Waals surface area contributed by atoms with E-state index in [1.54, 1.807) is 6.20 Å². The van der Waals surface area contributed by atoms with Crippen LogP contribution in [0.2, 0.25) is 0 Å². The van der Waals surface area contributed by atoms with Crippen LogP contribution in [-0.2, 0) is 19.1 Å². The number of nitrogens with zero attached hydrogens (tertiary/aromatic N) is 5. The van der Waals surface area contributed by atoms with E-state index in [9.17, 15) is 22.4 Å². The van der Waals surface area contributed by atoms with Crippen molar-refractivity contribution in [3.8, 4) is 11.3 Å². The molecule has 1 N–H and O–H groups in total. The number of rotatable bonds is 7. The smallest absolute Gasteiger partial charge is 0.350 e. The number of anilines is 1. The molecule has 0 bridgehead atoms. The number of halogens is 4. The molecule has 0 amide bonds. The van der Waals surface area contributed by atoms with Crippen molar-refractivity contribution in [2.24, 2.45) is 0 Å². The first-order chi connectivity index (χ1) is 18.6. The van der Waals surface area contributed by atoms with Crippen molar-refractivity contribution in [1.82, 2.24) is 25.2 Å². The number of carbonyl (C=O) groups excluding carboxylic acids is 1. The molecule has 2 saturated heterocycles. The maximum absolute atomic E-state index is 14.3. The molecule has 2 aliphatic heterocycles. The highest BCUT2D eigenvalue weighted by molar-refractivity contribution is 7.12. The van der Waals surface area contributed by atoms with Gasteiger partial charge in [0.25, 0.3) is 0 Å². The van der Waals surface area contributed by atoms with Crippen molar-refractivity contribution in [3.63, 3.8) is 0 Å². The molecular formula is C27H30F4N6OS. The number of alkyl halides is 3. The lowest BCUT2D eigenvalue weighted by Crippen LogP contribution is -2.50. The molecule has 1 aromatic carbocycles. The first-order valence-corrected chi connectivity index (χ1v) is 13.8. The van der Waals surface area contributed by atoms with Gasteiger partial charge in [0.15, 0.2) is 5.78 Å². The quantitative estimate of drug-likeness (QED) is 0.322. The molecule has 2 fully saturated rings. The van der Waals surface area contributed by atoms with Crippen LogP contribution < -0.4 is 10.2 Å². The van der Waals surface area contributed by atoms with Crippen LogP contribution in [0.4, 0.5) is 23.4 Å². The van der Waals surface area contributed by atoms with Gasteiger partial charge in [-0.25, -0.2) is 19.3 Å². The molecule has 0 radical (unpaired) electrons. The van der Waals surface area contributed by atoms with Gasteiger partial charge < -0.3 is 10.2 Å². The molecule has 2 aliphatic rings. The minimum absolute atomic E-state index is 0.0495. The number of thiazole rings is 1. The predicted octanol–water partition coefficient (Wildman–Crippen LogP) is 4.97. The van der Waals surface area contributed by atoms with Crippen molar-refractivity contribution in [2.75, 3.05) is 31.1 Å². The maximum Gasteiger partial charge on any atom is 0.416 e. The number of carbonyl (C=O) groups is 1. The first-order valence-electron chi connectivity index (χ1n) is 13.0. The average Bonchev–Trinajstić information content (AvgIpc) is 3.49. The van der Waals surface area contributed by atoms with Gasteiger partial charge in [-0.2, -0.15) is 13.2 Å². The second kappa shape index (κ2) is 11.3. The van der Waals surface area contributed by atoms with Crippen LogP contribution >= 0.6 is 11.3 Å². The number of benzene rings is 1. The molecule has 5 rings (SSSR count). The summed E-state index contributed by atoms with van der Waals surface area (Å²) < 4.78 is 54.5. The van der Waals surface area contributed by atoms with Crippen LogP contribution in [0.1, 0.15) is 52.6 Å². The van der Waals surface area contributed by atoms with Crippen LogP contribution in [0, 0.1) is 5.82 Å². The van der Waals surface area contributed by atoms with E-state index in [1.807, 2.05) is 0 Å². The number of piperazine rings is 1. The summed E-state index contributed by atoms with van der Waals surface area (Å²) in [5, 5.41) is 3.76. The summed E-state index contributed by atoms with van der Waals surface area (Å²) in [6.45, 7) is 7.99. The molecule has 0 aliphatic carbocycles. The molecule has 7 nitrogen and oxygen atoms in total. The topological polar surface area (TPSA) is 74.2 Å². The lowest BCUT2D eigenvalue weighted by molar-refractivity contribution is -0.137. The van der Waals surface area contributed by atoms with Crippen LogP contribution in [0.25, 0.3) is 11.3 Å². The van der Waals surface area contributed by atoms with E-state index in [2.05, 4.69) is 43.9 Å². The summed E-state index contributed by atoms with van der Waals surface area (Å²) in [6, 6.07) is 3.03. The molecule has 2 aromatic heterocycles. The van der Waals surface area contributed by atoms with Gasteiger partial charge in [-0.05, 0) is 51.4 Å². The van der Waals surface area contributed by atoms with Gasteiger partial charge in [0.2, 0.25) is 0 Å². The fraction of sp³-hybridized carbons (Fsp3) is 0.481. The fourth-order valence-corrected chi connectivity index (χ4v) is 6.25. The highest BCUT2D eigenvalue weighted by Crippen LogP contribution is 2.36. The first kappa shape index (κ1) is 27.6. The normalized spacial score (nSPS) is 20.5. The van der Waals surface area contributed by atoms with Crippen LogP contribution in [0.5, 0.6) is 0 Å². The summed E-state index contributed by atoms with van der Waals surface area (Å²) in [4.78, 5) is 31.5. The number of hydrogen-bond acceptors (Lipinski definition) is 8. The van der Waals surface area contributed by atoms with Crippen molar-refractivity contribution < 1.29 is 22.4 Å². The van der Waals surface area contributed by atoms with Gasteiger partial charge in [0.1, 0.15) is 22.3 Å². The van der Waals surface area contributed by atoms with Gasteiger partial charge in [-0.1, -0.05) is 0 Å². The molecule has 0 spiro atoms. The summed E-state index contributed by atoms with van der Waals surface area (Å²) >= 11 is 1.27. The van der Waals surface area contributed by atoms with E-state index in [0.29, 0.717) is 34.4 Å². The Morgan fingerprint density at radius 1 is 1.13 bits per heavy atom. The van der Waals surface area contributed by atoms with Crippen molar-refractivity contribution in [1.29, 1.82) is 0 Å². The molecular weight excluding hydrogens is 532 g/mol.